The molecule has 2 heterocycles. The summed E-state index contributed by atoms with van der Waals surface area (Å²) >= 11 is 7.59. The molecule has 0 amide bonds. The van der Waals surface area contributed by atoms with E-state index in [1.807, 2.05) is 30.3 Å². The molecule has 1 aliphatic heterocycles. The molecule has 0 saturated carbocycles. The molecule has 1 fully saturated rings. The fraction of sp³-hybridized carbons (Fsp3) is 0.214. The maximum absolute atomic E-state index is 9.24. The van der Waals surface area contributed by atoms with Crippen molar-refractivity contribution in [3.63, 3.8) is 0 Å². The van der Waals surface area contributed by atoms with Crippen molar-refractivity contribution in [2.24, 2.45) is 0 Å². The van der Waals surface area contributed by atoms with Gasteiger partial charge in [-0.2, -0.15) is 5.26 Å². The molecular formula is C14H10ClN3OS. The Kier molecular flexibility index (Phi) is 3.88. The van der Waals surface area contributed by atoms with Gasteiger partial charge in [-0.1, -0.05) is 53.7 Å². The molecule has 3 rings (SSSR count). The van der Waals surface area contributed by atoms with Gasteiger partial charge >= 0.3 is 0 Å². The summed E-state index contributed by atoms with van der Waals surface area (Å²) in [6.07, 6.45) is 0.290. The molecule has 0 spiro atoms. The van der Waals surface area contributed by atoms with Crippen molar-refractivity contribution >= 4 is 23.4 Å². The van der Waals surface area contributed by atoms with Gasteiger partial charge in [-0.25, -0.2) is 9.97 Å². The topological polar surface area (TPSA) is 62.1 Å². The summed E-state index contributed by atoms with van der Waals surface area (Å²) in [6.45, 7) is 0.794. The monoisotopic (exact) mass is 303 g/mol. The summed E-state index contributed by atoms with van der Waals surface area (Å²) in [7, 11) is 0. The fourth-order valence-corrected chi connectivity index (χ4v) is 2.82. The van der Waals surface area contributed by atoms with Crippen molar-refractivity contribution in [2.75, 3.05) is 12.4 Å². The molecule has 1 aliphatic rings. The Hall–Kier alpha value is -1.61. The first-order valence-corrected chi connectivity index (χ1v) is 7.41. The predicted octanol–water partition coefficient (Wildman–Crippen LogP) is 3.16. The highest BCUT2D eigenvalue weighted by Gasteiger charge is 2.23. The van der Waals surface area contributed by atoms with Crippen LogP contribution in [0.4, 0.5) is 0 Å². The highest BCUT2D eigenvalue weighted by Crippen LogP contribution is 2.29. The van der Waals surface area contributed by atoms with Gasteiger partial charge in [0.15, 0.2) is 10.3 Å². The number of halogens is 1. The smallest absolute Gasteiger partial charge is 0.189 e. The van der Waals surface area contributed by atoms with E-state index in [4.69, 9.17) is 16.3 Å². The summed E-state index contributed by atoms with van der Waals surface area (Å²) in [5.74, 6) is 0.802. The summed E-state index contributed by atoms with van der Waals surface area (Å²) in [5, 5.41) is 10.0. The molecule has 1 aromatic heterocycles. The second kappa shape index (κ2) is 5.80. The van der Waals surface area contributed by atoms with Crippen molar-refractivity contribution in [3.05, 3.63) is 41.0 Å². The normalized spacial score (nSPS) is 16.7. The van der Waals surface area contributed by atoms with Crippen LogP contribution in [-0.2, 0) is 4.74 Å². The number of rotatable bonds is 4. The fourth-order valence-electron chi connectivity index (χ4n) is 1.71. The van der Waals surface area contributed by atoms with Crippen LogP contribution in [0.1, 0.15) is 5.56 Å². The summed E-state index contributed by atoms with van der Waals surface area (Å²) in [4.78, 5) is 8.63. The molecule has 1 atom stereocenters. The zero-order chi connectivity index (χ0) is 13.9. The minimum Gasteiger partial charge on any atom is -0.372 e. The Bertz CT molecular complexity index is 668. The molecule has 0 bridgehead atoms. The van der Waals surface area contributed by atoms with Gasteiger partial charge in [-0.15, -0.1) is 0 Å². The van der Waals surface area contributed by atoms with Gasteiger partial charge in [0.05, 0.1) is 18.4 Å². The van der Waals surface area contributed by atoms with Crippen LogP contribution < -0.4 is 0 Å². The van der Waals surface area contributed by atoms with E-state index in [1.54, 1.807) is 0 Å². The lowest BCUT2D eigenvalue weighted by Gasteiger charge is -2.07. The summed E-state index contributed by atoms with van der Waals surface area (Å²) < 4.78 is 5.16. The number of thioether (sulfide) groups is 1. The first kappa shape index (κ1) is 13.4. The SMILES string of the molecule is N#Cc1c(Cl)nc(SCC2CO2)nc1-c1ccccc1. The highest BCUT2D eigenvalue weighted by atomic mass is 35.5. The van der Waals surface area contributed by atoms with E-state index >= 15 is 0 Å². The number of ether oxygens (including phenoxy) is 1. The standard InChI is InChI=1S/C14H10ClN3OS/c15-13-11(6-16)12(9-4-2-1-3-5-9)17-14(18-13)20-8-10-7-19-10/h1-5,10H,7-8H2. The lowest BCUT2D eigenvalue weighted by Crippen LogP contribution is -1.99. The van der Waals surface area contributed by atoms with Crippen molar-refractivity contribution in [3.8, 4) is 17.3 Å². The van der Waals surface area contributed by atoms with Crippen LogP contribution in [0.25, 0.3) is 11.3 Å². The van der Waals surface area contributed by atoms with Crippen LogP contribution in [0, 0.1) is 11.3 Å². The molecule has 1 unspecified atom stereocenters. The average Bonchev–Trinajstić information content (AvgIpc) is 3.29. The highest BCUT2D eigenvalue weighted by molar-refractivity contribution is 7.99. The molecule has 0 aliphatic carbocycles. The van der Waals surface area contributed by atoms with Crippen molar-refractivity contribution in [2.45, 2.75) is 11.3 Å². The van der Waals surface area contributed by atoms with Crippen LogP contribution in [0.15, 0.2) is 35.5 Å². The third kappa shape index (κ3) is 2.93. The van der Waals surface area contributed by atoms with E-state index < -0.39 is 0 Å². The van der Waals surface area contributed by atoms with Crippen LogP contribution in [0.3, 0.4) is 0 Å². The lowest BCUT2D eigenvalue weighted by atomic mass is 10.1. The number of aromatic nitrogens is 2. The number of hydrogen-bond donors (Lipinski definition) is 0. The number of hydrogen-bond acceptors (Lipinski definition) is 5. The van der Waals surface area contributed by atoms with E-state index in [2.05, 4.69) is 16.0 Å². The van der Waals surface area contributed by atoms with Crippen molar-refractivity contribution in [1.82, 2.24) is 9.97 Å². The second-order valence-electron chi connectivity index (χ2n) is 4.26. The number of nitrogens with zero attached hydrogens (tertiary/aromatic N) is 3. The first-order valence-electron chi connectivity index (χ1n) is 6.05. The number of epoxide rings is 1. The first-order chi connectivity index (χ1) is 9.78. The second-order valence-corrected chi connectivity index (χ2v) is 5.61. The molecule has 2 aromatic rings. The van der Waals surface area contributed by atoms with E-state index in [9.17, 15) is 5.26 Å². The molecule has 0 radical (unpaired) electrons. The molecular weight excluding hydrogens is 294 g/mol. The summed E-state index contributed by atoms with van der Waals surface area (Å²) in [5.41, 5.74) is 1.75. The van der Waals surface area contributed by atoms with Gasteiger partial charge < -0.3 is 4.74 Å². The van der Waals surface area contributed by atoms with Crippen LogP contribution in [0.5, 0.6) is 0 Å². The van der Waals surface area contributed by atoms with Gasteiger partial charge in [-0.3, -0.25) is 0 Å². The largest absolute Gasteiger partial charge is 0.372 e. The third-order valence-corrected chi connectivity index (χ3v) is 4.06. The Morgan fingerprint density at radius 2 is 2.10 bits per heavy atom. The molecule has 1 aromatic carbocycles. The van der Waals surface area contributed by atoms with Gasteiger partial charge in [0.2, 0.25) is 0 Å². The average molecular weight is 304 g/mol. The van der Waals surface area contributed by atoms with Crippen LogP contribution in [-0.4, -0.2) is 28.4 Å². The maximum atomic E-state index is 9.24. The van der Waals surface area contributed by atoms with Crippen LogP contribution in [0.2, 0.25) is 5.15 Å². The van der Waals surface area contributed by atoms with Crippen LogP contribution >= 0.6 is 23.4 Å². The zero-order valence-corrected chi connectivity index (χ0v) is 12.0. The van der Waals surface area contributed by atoms with Crippen molar-refractivity contribution in [1.29, 1.82) is 5.26 Å². The Morgan fingerprint density at radius 1 is 1.35 bits per heavy atom. The maximum Gasteiger partial charge on any atom is 0.189 e. The minimum absolute atomic E-state index is 0.195. The lowest BCUT2D eigenvalue weighted by molar-refractivity contribution is 0.426. The molecule has 6 heteroatoms. The third-order valence-electron chi connectivity index (χ3n) is 2.80. The van der Waals surface area contributed by atoms with E-state index in [1.165, 1.54) is 11.8 Å². The molecule has 0 N–H and O–H groups in total. The quantitative estimate of drug-likeness (QED) is 0.376. The molecule has 1 saturated heterocycles. The Morgan fingerprint density at radius 3 is 2.75 bits per heavy atom. The van der Waals surface area contributed by atoms with Gasteiger partial charge in [0.1, 0.15) is 11.6 Å². The molecule has 100 valence electrons. The van der Waals surface area contributed by atoms with Gasteiger partial charge in [0.25, 0.3) is 0 Å². The number of nitriles is 1. The van der Waals surface area contributed by atoms with Gasteiger partial charge in [0, 0.05) is 11.3 Å². The van der Waals surface area contributed by atoms with Crippen molar-refractivity contribution < 1.29 is 4.74 Å². The predicted molar refractivity (Wildman–Crippen MR) is 77.7 cm³/mol. The Labute approximate surface area is 125 Å². The Balaban J connectivity index is 1.99. The van der Waals surface area contributed by atoms with E-state index in [-0.39, 0.29) is 11.3 Å². The summed E-state index contributed by atoms with van der Waals surface area (Å²) in [6, 6.07) is 11.6. The molecule has 4 nitrogen and oxygen atoms in total. The number of benzene rings is 1. The van der Waals surface area contributed by atoms with Gasteiger partial charge in [-0.05, 0) is 0 Å². The van der Waals surface area contributed by atoms with E-state index in [0.717, 1.165) is 17.9 Å². The zero-order valence-electron chi connectivity index (χ0n) is 10.4. The minimum atomic E-state index is 0.195. The molecule has 20 heavy (non-hydrogen) atoms. The van der Waals surface area contributed by atoms with E-state index in [0.29, 0.717) is 16.4 Å².